The second-order valence-corrected chi connectivity index (χ2v) is 6.36. The fraction of sp³-hybridized carbons (Fsp3) is 0.600. The Labute approximate surface area is 124 Å². The number of nitrogens with one attached hydrogen (secondary N) is 1. The number of aryl methyl sites for hydroxylation is 1. The number of carbonyl (C=O) groups is 1. The summed E-state index contributed by atoms with van der Waals surface area (Å²) in [5, 5.41) is 11.7. The van der Waals surface area contributed by atoms with Crippen molar-refractivity contribution in [2.45, 2.75) is 44.6 Å². The van der Waals surface area contributed by atoms with Gasteiger partial charge in [0.1, 0.15) is 0 Å². The number of fused-ring (bicyclic) bond motifs is 1. The molecule has 0 aromatic carbocycles. The van der Waals surface area contributed by atoms with Gasteiger partial charge in [-0.1, -0.05) is 0 Å². The van der Waals surface area contributed by atoms with Crippen molar-refractivity contribution < 1.29 is 9.90 Å². The molecular weight excluding hydrogens is 268 g/mol. The van der Waals surface area contributed by atoms with Gasteiger partial charge in [-0.2, -0.15) is 0 Å². The maximum absolute atomic E-state index is 11.0. The summed E-state index contributed by atoms with van der Waals surface area (Å²) in [6.07, 6.45) is 5.74. The number of piperidine rings is 1. The molecule has 1 aromatic rings. The Kier molecular flexibility index (Phi) is 3.39. The molecule has 6 nitrogen and oxygen atoms in total. The van der Waals surface area contributed by atoms with Gasteiger partial charge in [-0.05, 0) is 44.6 Å². The van der Waals surface area contributed by atoms with Gasteiger partial charge in [0.2, 0.25) is 0 Å². The van der Waals surface area contributed by atoms with Crippen molar-refractivity contribution in [2.24, 2.45) is 0 Å². The van der Waals surface area contributed by atoms with Crippen molar-refractivity contribution in [2.75, 3.05) is 23.7 Å². The quantitative estimate of drug-likeness (QED) is 0.772. The van der Waals surface area contributed by atoms with Crippen LogP contribution in [0.15, 0.2) is 6.20 Å². The number of carboxylic acid groups (broad SMARTS) is 1. The van der Waals surface area contributed by atoms with Crippen LogP contribution in [0.3, 0.4) is 0 Å². The molecule has 0 saturated carbocycles. The van der Waals surface area contributed by atoms with Crippen molar-refractivity contribution in [1.82, 2.24) is 10.3 Å². The van der Waals surface area contributed by atoms with E-state index in [0.29, 0.717) is 12.2 Å². The van der Waals surface area contributed by atoms with E-state index in [1.807, 2.05) is 6.92 Å². The largest absolute Gasteiger partial charge is 0.465 e. The van der Waals surface area contributed by atoms with Crippen LogP contribution in [0.2, 0.25) is 0 Å². The monoisotopic (exact) mass is 290 g/mol. The summed E-state index contributed by atoms with van der Waals surface area (Å²) in [5.74, 6) is 0. The summed E-state index contributed by atoms with van der Waals surface area (Å²) < 4.78 is 0. The van der Waals surface area contributed by atoms with Gasteiger partial charge in [0.05, 0.1) is 23.1 Å². The van der Waals surface area contributed by atoms with Crippen molar-refractivity contribution in [3.8, 4) is 0 Å². The first kappa shape index (κ1) is 14.0. The molecule has 114 valence electrons. The lowest BCUT2D eigenvalue weighted by Crippen LogP contribution is -2.56. The van der Waals surface area contributed by atoms with Crippen LogP contribution in [0.25, 0.3) is 0 Å². The first-order chi connectivity index (χ1) is 9.98. The van der Waals surface area contributed by atoms with Crippen LogP contribution in [0.5, 0.6) is 0 Å². The second-order valence-electron chi connectivity index (χ2n) is 6.36. The zero-order valence-electron chi connectivity index (χ0n) is 12.4. The average Bonchev–Trinajstić information content (AvgIpc) is 2.85. The third kappa shape index (κ3) is 2.62. The van der Waals surface area contributed by atoms with Gasteiger partial charge < -0.3 is 21.1 Å². The molecule has 0 bridgehead atoms. The molecule has 1 fully saturated rings. The zero-order chi connectivity index (χ0) is 15.0. The molecule has 2 aliphatic rings. The smallest absolute Gasteiger partial charge is 0.405 e. The highest BCUT2D eigenvalue weighted by Gasteiger charge is 2.34. The molecule has 1 atom stereocenters. The van der Waals surface area contributed by atoms with Crippen LogP contribution in [-0.2, 0) is 12.8 Å². The number of hydrogen-bond acceptors (Lipinski definition) is 4. The van der Waals surface area contributed by atoms with Crippen molar-refractivity contribution in [3.05, 3.63) is 17.5 Å². The van der Waals surface area contributed by atoms with E-state index in [0.717, 1.165) is 50.0 Å². The zero-order valence-corrected chi connectivity index (χ0v) is 12.4. The summed E-state index contributed by atoms with van der Waals surface area (Å²) in [5.41, 5.74) is 9.94. The molecular formula is C15H22N4O2. The molecule has 1 aliphatic heterocycles. The topological polar surface area (TPSA) is 91.5 Å². The lowest BCUT2D eigenvalue weighted by molar-refractivity contribution is 0.175. The molecule has 2 heterocycles. The average molecular weight is 290 g/mol. The van der Waals surface area contributed by atoms with Gasteiger partial charge in [-0.25, -0.2) is 4.79 Å². The van der Waals surface area contributed by atoms with E-state index in [1.165, 1.54) is 5.56 Å². The number of nitrogens with two attached hydrogens (primary N) is 1. The van der Waals surface area contributed by atoms with Crippen molar-refractivity contribution in [3.63, 3.8) is 0 Å². The van der Waals surface area contributed by atoms with E-state index in [2.05, 4.69) is 15.2 Å². The standard InChI is InChI=1S/C15H22N4O2/c1-15(18-14(20)21)6-3-7-19(9-15)13-10-4-2-5-12(10)17-8-11(13)16/h8,18H,2-7,9,16H2,1H3,(H,20,21). The Balaban J connectivity index is 1.91. The SMILES string of the molecule is CC1(NC(=O)O)CCCN(c2c(N)cnc3c2CCC3)C1. The second kappa shape index (κ2) is 5.09. The van der Waals surface area contributed by atoms with E-state index in [-0.39, 0.29) is 0 Å². The Hall–Kier alpha value is -1.98. The number of aromatic nitrogens is 1. The minimum atomic E-state index is -0.965. The molecule has 1 saturated heterocycles. The molecule has 1 amide bonds. The number of amides is 1. The Morgan fingerprint density at radius 2 is 2.29 bits per heavy atom. The van der Waals surface area contributed by atoms with E-state index >= 15 is 0 Å². The minimum absolute atomic E-state index is 0.425. The maximum atomic E-state index is 11.0. The molecule has 4 N–H and O–H groups in total. The third-order valence-corrected chi connectivity index (χ3v) is 4.53. The number of hydrogen-bond donors (Lipinski definition) is 3. The summed E-state index contributed by atoms with van der Waals surface area (Å²) in [6.45, 7) is 3.53. The predicted octanol–water partition coefficient (Wildman–Crippen LogP) is 1.78. The molecule has 1 aromatic heterocycles. The van der Waals surface area contributed by atoms with Crippen LogP contribution >= 0.6 is 0 Å². The van der Waals surface area contributed by atoms with Gasteiger partial charge in [-0.15, -0.1) is 0 Å². The molecule has 21 heavy (non-hydrogen) atoms. The minimum Gasteiger partial charge on any atom is -0.465 e. The van der Waals surface area contributed by atoms with Gasteiger partial charge in [0.15, 0.2) is 0 Å². The first-order valence-corrected chi connectivity index (χ1v) is 7.51. The number of nitrogen functional groups attached to an aromatic ring is 1. The Bertz CT molecular complexity index is 575. The van der Waals surface area contributed by atoms with Crippen LogP contribution in [0, 0.1) is 0 Å². The lowest BCUT2D eigenvalue weighted by Gasteiger charge is -2.42. The van der Waals surface area contributed by atoms with E-state index < -0.39 is 11.6 Å². The number of anilines is 2. The number of rotatable bonds is 2. The summed E-state index contributed by atoms with van der Waals surface area (Å²) in [7, 11) is 0. The van der Waals surface area contributed by atoms with Crippen LogP contribution in [-0.4, -0.2) is 34.8 Å². The summed E-state index contributed by atoms with van der Waals surface area (Å²) >= 11 is 0. The fourth-order valence-corrected chi connectivity index (χ4v) is 3.67. The van der Waals surface area contributed by atoms with Crippen molar-refractivity contribution in [1.29, 1.82) is 0 Å². The van der Waals surface area contributed by atoms with Crippen LogP contribution in [0.4, 0.5) is 16.2 Å². The number of pyridine rings is 1. The Morgan fingerprint density at radius 1 is 1.48 bits per heavy atom. The molecule has 6 heteroatoms. The Morgan fingerprint density at radius 3 is 3.05 bits per heavy atom. The van der Waals surface area contributed by atoms with Gasteiger partial charge >= 0.3 is 6.09 Å². The molecule has 1 unspecified atom stereocenters. The van der Waals surface area contributed by atoms with E-state index in [4.69, 9.17) is 10.8 Å². The maximum Gasteiger partial charge on any atom is 0.405 e. The lowest BCUT2D eigenvalue weighted by atomic mass is 9.90. The van der Waals surface area contributed by atoms with Crippen molar-refractivity contribution >= 4 is 17.5 Å². The summed E-state index contributed by atoms with van der Waals surface area (Å²) in [4.78, 5) is 17.7. The normalized spacial score (nSPS) is 24.7. The van der Waals surface area contributed by atoms with Crippen LogP contribution < -0.4 is 16.0 Å². The molecule has 1 aliphatic carbocycles. The van der Waals surface area contributed by atoms with Gasteiger partial charge in [-0.3, -0.25) is 4.98 Å². The number of nitrogens with zero attached hydrogens (tertiary/aromatic N) is 2. The molecule has 0 spiro atoms. The molecule has 3 rings (SSSR count). The predicted molar refractivity (Wildman–Crippen MR) is 81.7 cm³/mol. The first-order valence-electron chi connectivity index (χ1n) is 7.51. The van der Waals surface area contributed by atoms with Crippen LogP contribution in [0.1, 0.15) is 37.4 Å². The fourth-order valence-electron chi connectivity index (χ4n) is 3.67. The molecule has 0 radical (unpaired) electrons. The van der Waals surface area contributed by atoms with E-state index in [1.54, 1.807) is 6.20 Å². The van der Waals surface area contributed by atoms with E-state index in [9.17, 15) is 4.79 Å². The van der Waals surface area contributed by atoms with Gasteiger partial charge in [0, 0.05) is 18.8 Å². The third-order valence-electron chi connectivity index (χ3n) is 4.53. The van der Waals surface area contributed by atoms with Gasteiger partial charge in [0.25, 0.3) is 0 Å². The highest BCUT2D eigenvalue weighted by atomic mass is 16.4. The highest BCUT2D eigenvalue weighted by molar-refractivity contribution is 5.73. The highest BCUT2D eigenvalue weighted by Crippen LogP contribution is 2.37. The summed E-state index contributed by atoms with van der Waals surface area (Å²) in [6, 6.07) is 0.